The van der Waals surface area contributed by atoms with Crippen LogP contribution >= 0.6 is 0 Å². The third-order valence-corrected chi connectivity index (χ3v) is 2.18. The molecule has 17 heavy (non-hydrogen) atoms. The molecule has 0 aliphatic carbocycles. The summed E-state index contributed by atoms with van der Waals surface area (Å²) in [5.74, 6) is -0.927. The summed E-state index contributed by atoms with van der Waals surface area (Å²) in [7, 11) is 0. The Labute approximate surface area is 97.0 Å². The number of aliphatic carboxylic acids is 1. The highest BCUT2D eigenvalue weighted by Crippen LogP contribution is 2.22. The number of nitrogens with two attached hydrogens (primary N) is 1. The molecule has 6 heteroatoms. The summed E-state index contributed by atoms with van der Waals surface area (Å²) >= 11 is 0. The van der Waals surface area contributed by atoms with Crippen molar-refractivity contribution in [2.45, 2.75) is 25.5 Å². The highest BCUT2D eigenvalue weighted by atomic mass is 19.3. The number of rotatable bonds is 6. The molecule has 1 unspecified atom stereocenters. The first-order valence-electron chi connectivity index (χ1n) is 5.01. The first-order valence-corrected chi connectivity index (χ1v) is 5.01. The van der Waals surface area contributed by atoms with Gasteiger partial charge >= 0.3 is 12.6 Å². The van der Waals surface area contributed by atoms with Gasteiger partial charge in [0.15, 0.2) is 0 Å². The van der Waals surface area contributed by atoms with Crippen molar-refractivity contribution >= 4 is 5.97 Å². The topological polar surface area (TPSA) is 72.6 Å². The van der Waals surface area contributed by atoms with Gasteiger partial charge in [0.05, 0.1) is 0 Å². The van der Waals surface area contributed by atoms with Gasteiger partial charge in [-0.25, -0.2) is 0 Å². The number of alkyl halides is 2. The Hall–Kier alpha value is -1.69. The lowest BCUT2D eigenvalue weighted by molar-refractivity contribution is -0.137. The SMILES string of the molecule is NC(CCC(=O)O)c1cccc(OC(F)F)c1. The van der Waals surface area contributed by atoms with Crippen molar-refractivity contribution in [2.24, 2.45) is 5.73 Å². The average Bonchev–Trinajstić information content (AvgIpc) is 2.25. The Balaban J connectivity index is 2.66. The number of carboxylic acid groups (broad SMARTS) is 1. The van der Waals surface area contributed by atoms with Crippen LogP contribution in [0.2, 0.25) is 0 Å². The molecule has 94 valence electrons. The maximum absolute atomic E-state index is 12.0. The summed E-state index contributed by atoms with van der Waals surface area (Å²) in [5, 5.41) is 8.50. The van der Waals surface area contributed by atoms with E-state index in [0.29, 0.717) is 5.56 Å². The van der Waals surface area contributed by atoms with E-state index < -0.39 is 18.6 Å². The van der Waals surface area contributed by atoms with Crippen LogP contribution in [0.5, 0.6) is 5.75 Å². The number of ether oxygens (including phenoxy) is 1. The zero-order valence-electron chi connectivity index (χ0n) is 8.98. The van der Waals surface area contributed by atoms with Crippen LogP contribution in [0.25, 0.3) is 0 Å². The lowest BCUT2D eigenvalue weighted by Crippen LogP contribution is -2.12. The lowest BCUT2D eigenvalue weighted by Gasteiger charge is -2.12. The predicted molar refractivity (Wildman–Crippen MR) is 56.9 cm³/mol. The van der Waals surface area contributed by atoms with Crippen molar-refractivity contribution in [2.75, 3.05) is 0 Å². The molecule has 0 aromatic heterocycles. The van der Waals surface area contributed by atoms with Crippen LogP contribution in [0.1, 0.15) is 24.4 Å². The van der Waals surface area contributed by atoms with Crippen LogP contribution in [0.3, 0.4) is 0 Å². The quantitative estimate of drug-likeness (QED) is 0.805. The molecule has 0 saturated carbocycles. The first-order chi connectivity index (χ1) is 7.99. The van der Waals surface area contributed by atoms with Crippen LogP contribution < -0.4 is 10.5 Å². The van der Waals surface area contributed by atoms with Crippen LogP contribution in [0.15, 0.2) is 24.3 Å². The lowest BCUT2D eigenvalue weighted by atomic mass is 10.0. The zero-order chi connectivity index (χ0) is 12.8. The zero-order valence-corrected chi connectivity index (χ0v) is 8.98. The van der Waals surface area contributed by atoms with Gasteiger partial charge in [0, 0.05) is 12.5 Å². The number of halogens is 2. The highest BCUT2D eigenvalue weighted by molar-refractivity contribution is 5.66. The molecule has 0 saturated heterocycles. The van der Waals surface area contributed by atoms with Crippen LogP contribution in [0, 0.1) is 0 Å². The minimum absolute atomic E-state index is 0.0169. The Morgan fingerprint density at radius 2 is 2.18 bits per heavy atom. The summed E-state index contributed by atoms with van der Waals surface area (Å²) in [5.41, 5.74) is 6.31. The van der Waals surface area contributed by atoms with Crippen LogP contribution in [0.4, 0.5) is 8.78 Å². The molecule has 0 fully saturated rings. The van der Waals surface area contributed by atoms with Crippen molar-refractivity contribution in [1.82, 2.24) is 0 Å². The van der Waals surface area contributed by atoms with Gasteiger partial charge in [-0.2, -0.15) is 8.78 Å². The number of hydrogen-bond donors (Lipinski definition) is 2. The van der Waals surface area contributed by atoms with Gasteiger partial charge in [-0.3, -0.25) is 4.79 Å². The Morgan fingerprint density at radius 3 is 2.76 bits per heavy atom. The van der Waals surface area contributed by atoms with Crippen molar-refractivity contribution in [1.29, 1.82) is 0 Å². The minimum atomic E-state index is -2.89. The molecule has 0 aliphatic heterocycles. The molecule has 0 bridgehead atoms. The first kappa shape index (κ1) is 13.4. The van der Waals surface area contributed by atoms with Gasteiger partial charge in [-0.15, -0.1) is 0 Å². The van der Waals surface area contributed by atoms with Gasteiger partial charge in [-0.1, -0.05) is 12.1 Å². The van der Waals surface area contributed by atoms with Crippen molar-refractivity contribution < 1.29 is 23.4 Å². The van der Waals surface area contributed by atoms with Gasteiger partial charge in [0.25, 0.3) is 0 Å². The standard InChI is InChI=1S/C11H13F2NO3/c12-11(13)17-8-3-1-2-7(6-8)9(14)4-5-10(15)16/h1-3,6,9,11H,4-5,14H2,(H,15,16). The Morgan fingerprint density at radius 1 is 1.47 bits per heavy atom. The van der Waals surface area contributed by atoms with Gasteiger partial charge in [0.1, 0.15) is 5.75 Å². The Kier molecular flexibility index (Phi) is 4.84. The molecular formula is C11H13F2NO3. The molecule has 0 spiro atoms. The van der Waals surface area contributed by atoms with E-state index in [4.69, 9.17) is 10.8 Å². The van der Waals surface area contributed by atoms with Crippen LogP contribution in [-0.4, -0.2) is 17.7 Å². The summed E-state index contributed by atoms with van der Waals surface area (Å²) in [6.45, 7) is -2.89. The third-order valence-electron chi connectivity index (χ3n) is 2.18. The van der Waals surface area contributed by atoms with E-state index in [1.807, 2.05) is 0 Å². The molecule has 4 nitrogen and oxygen atoms in total. The number of benzene rings is 1. The molecule has 0 amide bonds. The second-order valence-electron chi connectivity index (χ2n) is 3.49. The molecule has 3 N–H and O–H groups in total. The van der Waals surface area contributed by atoms with Crippen molar-refractivity contribution in [3.63, 3.8) is 0 Å². The van der Waals surface area contributed by atoms with E-state index in [2.05, 4.69) is 4.74 Å². The fourth-order valence-electron chi connectivity index (χ4n) is 1.37. The number of hydrogen-bond acceptors (Lipinski definition) is 3. The van der Waals surface area contributed by atoms with E-state index >= 15 is 0 Å². The maximum atomic E-state index is 12.0. The summed E-state index contributed by atoms with van der Waals surface area (Å²) < 4.78 is 28.2. The van der Waals surface area contributed by atoms with E-state index in [9.17, 15) is 13.6 Å². The fraction of sp³-hybridized carbons (Fsp3) is 0.364. The highest BCUT2D eigenvalue weighted by Gasteiger charge is 2.10. The average molecular weight is 245 g/mol. The molecule has 0 radical (unpaired) electrons. The Bertz CT molecular complexity index is 385. The van der Waals surface area contributed by atoms with Crippen molar-refractivity contribution in [3.05, 3.63) is 29.8 Å². The maximum Gasteiger partial charge on any atom is 0.387 e. The molecule has 1 aromatic carbocycles. The summed E-state index contributed by atoms with van der Waals surface area (Å²) in [4.78, 5) is 10.4. The smallest absolute Gasteiger partial charge is 0.387 e. The summed E-state index contributed by atoms with van der Waals surface area (Å²) in [6, 6.07) is 5.45. The van der Waals surface area contributed by atoms with Gasteiger partial charge in [-0.05, 0) is 24.1 Å². The second-order valence-corrected chi connectivity index (χ2v) is 3.49. The minimum Gasteiger partial charge on any atom is -0.481 e. The van der Waals surface area contributed by atoms with E-state index in [1.165, 1.54) is 18.2 Å². The predicted octanol–water partition coefficient (Wildman–Crippen LogP) is 2.15. The molecule has 1 rings (SSSR count). The fourth-order valence-corrected chi connectivity index (χ4v) is 1.37. The third kappa shape index (κ3) is 4.78. The molecule has 1 atom stereocenters. The molecular weight excluding hydrogens is 232 g/mol. The molecule has 0 heterocycles. The second kappa shape index (κ2) is 6.15. The largest absolute Gasteiger partial charge is 0.481 e. The van der Waals surface area contributed by atoms with Gasteiger partial charge in [0.2, 0.25) is 0 Å². The van der Waals surface area contributed by atoms with E-state index in [1.54, 1.807) is 6.07 Å². The summed E-state index contributed by atoms with van der Waals surface area (Å²) in [6.07, 6.45) is 0.175. The number of carboxylic acids is 1. The monoisotopic (exact) mass is 245 g/mol. The molecule has 0 aliphatic rings. The van der Waals surface area contributed by atoms with Crippen LogP contribution in [-0.2, 0) is 4.79 Å². The van der Waals surface area contributed by atoms with Crippen molar-refractivity contribution in [3.8, 4) is 5.75 Å². The van der Waals surface area contributed by atoms with Gasteiger partial charge < -0.3 is 15.6 Å². The normalized spacial score (nSPS) is 12.5. The van der Waals surface area contributed by atoms with E-state index in [0.717, 1.165) is 0 Å². The molecule has 1 aromatic rings. The van der Waals surface area contributed by atoms with E-state index in [-0.39, 0.29) is 18.6 Å². The number of carbonyl (C=O) groups is 1.